The van der Waals surface area contributed by atoms with Crippen LogP contribution in [0.4, 0.5) is 0 Å². The standard InChI is InChI=1S/C8H17N3O/c1-6(12)11-4-7(3-10-2)8(9)5-11/h7-8,10H,3-5,9H2,1-2H3. The highest BCUT2D eigenvalue weighted by Gasteiger charge is 2.30. The van der Waals surface area contributed by atoms with Gasteiger partial charge in [-0.1, -0.05) is 0 Å². The third-order valence-corrected chi connectivity index (χ3v) is 2.40. The molecule has 1 heterocycles. The van der Waals surface area contributed by atoms with Gasteiger partial charge in [0.15, 0.2) is 0 Å². The molecule has 0 aromatic carbocycles. The fraction of sp³-hybridized carbons (Fsp3) is 0.875. The lowest BCUT2D eigenvalue weighted by atomic mass is 10.1. The second-order valence-corrected chi connectivity index (χ2v) is 3.41. The van der Waals surface area contributed by atoms with Crippen LogP contribution >= 0.6 is 0 Å². The van der Waals surface area contributed by atoms with Gasteiger partial charge in [0.25, 0.3) is 0 Å². The van der Waals surface area contributed by atoms with Crippen LogP contribution in [0.1, 0.15) is 6.92 Å². The third-order valence-electron chi connectivity index (χ3n) is 2.40. The Morgan fingerprint density at radius 3 is 2.75 bits per heavy atom. The molecule has 1 saturated heterocycles. The van der Waals surface area contributed by atoms with Crippen molar-refractivity contribution in [1.82, 2.24) is 10.2 Å². The maximum atomic E-state index is 11.0. The zero-order chi connectivity index (χ0) is 9.14. The van der Waals surface area contributed by atoms with E-state index in [0.29, 0.717) is 12.5 Å². The first kappa shape index (κ1) is 9.48. The summed E-state index contributed by atoms with van der Waals surface area (Å²) in [5.74, 6) is 0.544. The Labute approximate surface area is 73.1 Å². The van der Waals surface area contributed by atoms with Gasteiger partial charge >= 0.3 is 0 Å². The van der Waals surface area contributed by atoms with Crippen molar-refractivity contribution in [2.24, 2.45) is 11.7 Å². The zero-order valence-corrected chi connectivity index (χ0v) is 7.71. The molecule has 2 unspecified atom stereocenters. The average Bonchev–Trinajstić information content (AvgIpc) is 2.34. The third kappa shape index (κ3) is 1.95. The summed E-state index contributed by atoms with van der Waals surface area (Å²) in [6.45, 7) is 4.00. The number of carbonyl (C=O) groups excluding carboxylic acids is 1. The van der Waals surface area contributed by atoms with Crippen LogP contribution in [-0.2, 0) is 4.79 Å². The Bertz CT molecular complexity index is 172. The molecule has 0 radical (unpaired) electrons. The number of amides is 1. The first-order valence-electron chi connectivity index (χ1n) is 4.31. The summed E-state index contributed by atoms with van der Waals surface area (Å²) in [5, 5.41) is 3.08. The van der Waals surface area contributed by atoms with Gasteiger partial charge in [0, 0.05) is 38.5 Å². The molecule has 1 amide bonds. The van der Waals surface area contributed by atoms with Crippen molar-refractivity contribution in [3.8, 4) is 0 Å². The van der Waals surface area contributed by atoms with Crippen LogP contribution in [0, 0.1) is 5.92 Å². The molecular weight excluding hydrogens is 154 g/mol. The summed E-state index contributed by atoms with van der Waals surface area (Å²) in [7, 11) is 1.91. The van der Waals surface area contributed by atoms with Crippen LogP contribution in [0.2, 0.25) is 0 Å². The minimum atomic E-state index is 0.129. The van der Waals surface area contributed by atoms with Crippen LogP contribution in [0.25, 0.3) is 0 Å². The number of rotatable bonds is 2. The van der Waals surface area contributed by atoms with Crippen molar-refractivity contribution in [1.29, 1.82) is 0 Å². The van der Waals surface area contributed by atoms with E-state index < -0.39 is 0 Å². The van der Waals surface area contributed by atoms with Gasteiger partial charge in [0.1, 0.15) is 0 Å². The van der Waals surface area contributed by atoms with E-state index in [9.17, 15) is 4.79 Å². The molecule has 0 bridgehead atoms. The van der Waals surface area contributed by atoms with Crippen LogP contribution in [0.5, 0.6) is 0 Å². The molecular formula is C8H17N3O. The molecule has 1 aliphatic rings. The van der Waals surface area contributed by atoms with E-state index in [1.165, 1.54) is 0 Å². The van der Waals surface area contributed by atoms with E-state index in [1.807, 2.05) is 11.9 Å². The van der Waals surface area contributed by atoms with Crippen LogP contribution < -0.4 is 11.1 Å². The molecule has 12 heavy (non-hydrogen) atoms. The van der Waals surface area contributed by atoms with Gasteiger partial charge in [-0.25, -0.2) is 0 Å². The van der Waals surface area contributed by atoms with Gasteiger partial charge in [-0.05, 0) is 7.05 Å². The summed E-state index contributed by atoms with van der Waals surface area (Å²) < 4.78 is 0. The monoisotopic (exact) mass is 171 g/mol. The topological polar surface area (TPSA) is 58.4 Å². The predicted octanol–water partition coefficient (Wildman–Crippen LogP) is -0.989. The SMILES string of the molecule is CNCC1CN(C(C)=O)CC1N. The first-order valence-corrected chi connectivity index (χ1v) is 4.31. The highest BCUT2D eigenvalue weighted by Crippen LogP contribution is 2.14. The fourth-order valence-corrected chi connectivity index (χ4v) is 1.63. The van der Waals surface area contributed by atoms with E-state index >= 15 is 0 Å². The number of carbonyl (C=O) groups is 1. The Morgan fingerprint density at radius 2 is 2.33 bits per heavy atom. The van der Waals surface area contributed by atoms with Crippen molar-refractivity contribution < 1.29 is 4.79 Å². The molecule has 4 heteroatoms. The Hall–Kier alpha value is -0.610. The van der Waals surface area contributed by atoms with Crippen molar-refractivity contribution in [3.63, 3.8) is 0 Å². The lowest BCUT2D eigenvalue weighted by Gasteiger charge is -2.13. The minimum absolute atomic E-state index is 0.129. The number of hydrogen-bond acceptors (Lipinski definition) is 3. The van der Waals surface area contributed by atoms with Crippen molar-refractivity contribution in [2.75, 3.05) is 26.7 Å². The smallest absolute Gasteiger partial charge is 0.219 e. The Balaban J connectivity index is 2.44. The highest BCUT2D eigenvalue weighted by molar-refractivity contribution is 5.73. The quantitative estimate of drug-likeness (QED) is 0.561. The van der Waals surface area contributed by atoms with Gasteiger partial charge in [0.05, 0.1) is 0 Å². The molecule has 0 spiro atoms. The van der Waals surface area contributed by atoms with Gasteiger partial charge in [-0.2, -0.15) is 0 Å². The molecule has 0 aromatic heterocycles. The first-order chi connectivity index (χ1) is 5.65. The zero-order valence-electron chi connectivity index (χ0n) is 7.71. The summed E-state index contributed by atoms with van der Waals surface area (Å²) in [4.78, 5) is 12.8. The number of nitrogens with zero attached hydrogens (tertiary/aromatic N) is 1. The van der Waals surface area contributed by atoms with Crippen molar-refractivity contribution >= 4 is 5.91 Å². The van der Waals surface area contributed by atoms with E-state index in [2.05, 4.69) is 5.32 Å². The van der Waals surface area contributed by atoms with Crippen molar-refractivity contribution in [3.05, 3.63) is 0 Å². The number of nitrogens with two attached hydrogens (primary N) is 1. The second kappa shape index (κ2) is 3.87. The summed E-state index contributed by atoms with van der Waals surface area (Å²) in [5.41, 5.74) is 5.86. The van der Waals surface area contributed by atoms with Gasteiger partial charge in [-0.3, -0.25) is 4.79 Å². The van der Waals surface area contributed by atoms with E-state index in [1.54, 1.807) is 6.92 Å². The fourth-order valence-electron chi connectivity index (χ4n) is 1.63. The van der Waals surface area contributed by atoms with E-state index in [4.69, 9.17) is 5.73 Å². The summed E-state index contributed by atoms with van der Waals surface area (Å²) in [6, 6.07) is 0.140. The summed E-state index contributed by atoms with van der Waals surface area (Å²) in [6.07, 6.45) is 0. The molecule has 3 N–H and O–H groups in total. The molecule has 0 aliphatic carbocycles. The molecule has 0 saturated carbocycles. The highest BCUT2D eigenvalue weighted by atomic mass is 16.2. The molecule has 1 aliphatic heterocycles. The Morgan fingerprint density at radius 1 is 1.67 bits per heavy atom. The lowest BCUT2D eigenvalue weighted by molar-refractivity contribution is -0.127. The normalized spacial score (nSPS) is 29.4. The minimum Gasteiger partial charge on any atom is -0.341 e. The van der Waals surface area contributed by atoms with Crippen LogP contribution in [0.3, 0.4) is 0 Å². The predicted molar refractivity (Wildman–Crippen MR) is 47.6 cm³/mol. The van der Waals surface area contributed by atoms with Crippen molar-refractivity contribution in [2.45, 2.75) is 13.0 Å². The second-order valence-electron chi connectivity index (χ2n) is 3.41. The van der Waals surface area contributed by atoms with Crippen LogP contribution in [0.15, 0.2) is 0 Å². The van der Waals surface area contributed by atoms with Gasteiger partial charge in [-0.15, -0.1) is 0 Å². The molecule has 1 fully saturated rings. The number of hydrogen-bond donors (Lipinski definition) is 2. The number of likely N-dealkylation sites (tertiary alicyclic amines) is 1. The van der Waals surface area contributed by atoms with Gasteiger partial charge in [0.2, 0.25) is 5.91 Å². The maximum absolute atomic E-state index is 11.0. The molecule has 0 aromatic rings. The summed E-state index contributed by atoms with van der Waals surface area (Å²) >= 11 is 0. The maximum Gasteiger partial charge on any atom is 0.219 e. The average molecular weight is 171 g/mol. The van der Waals surface area contributed by atoms with Gasteiger partial charge < -0.3 is 16.0 Å². The molecule has 2 atom stereocenters. The van der Waals surface area contributed by atoms with E-state index in [0.717, 1.165) is 13.1 Å². The molecule has 4 nitrogen and oxygen atoms in total. The largest absolute Gasteiger partial charge is 0.341 e. The number of nitrogens with one attached hydrogen (secondary N) is 1. The Kier molecular flexibility index (Phi) is 3.05. The van der Waals surface area contributed by atoms with E-state index in [-0.39, 0.29) is 11.9 Å². The van der Waals surface area contributed by atoms with Crippen LogP contribution in [-0.4, -0.2) is 43.5 Å². The lowest BCUT2D eigenvalue weighted by Crippen LogP contribution is -2.34. The molecule has 1 rings (SSSR count). The molecule has 70 valence electrons.